The first kappa shape index (κ1) is 23.9. The van der Waals surface area contributed by atoms with E-state index >= 15 is 0 Å². The van der Waals surface area contributed by atoms with Gasteiger partial charge in [-0.25, -0.2) is 8.78 Å². The number of carbonyl (C=O) groups is 2. The van der Waals surface area contributed by atoms with Crippen molar-refractivity contribution in [2.24, 2.45) is 16.7 Å². The van der Waals surface area contributed by atoms with Gasteiger partial charge in [0.15, 0.2) is 0 Å². The summed E-state index contributed by atoms with van der Waals surface area (Å²) in [6.07, 6.45) is 0.166. The third-order valence-electron chi connectivity index (χ3n) is 7.13. The highest BCUT2D eigenvalue weighted by Gasteiger charge is 2.66. The number of carboxylic acid groups (broad SMARTS) is 2. The second-order valence-electron chi connectivity index (χ2n) is 9.14. The van der Waals surface area contributed by atoms with Crippen LogP contribution in [0, 0.1) is 28.4 Å². The second-order valence-corrected chi connectivity index (χ2v) is 9.14. The van der Waals surface area contributed by atoms with Crippen molar-refractivity contribution >= 4 is 11.9 Å². The van der Waals surface area contributed by atoms with E-state index in [-0.39, 0.29) is 12.3 Å². The number of nitrogens with one attached hydrogen (secondary N) is 1. The molecule has 32 heavy (non-hydrogen) atoms. The summed E-state index contributed by atoms with van der Waals surface area (Å²) in [6, 6.07) is 9.55. The third kappa shape index (κ3) is 3.58. The van der Waals surface area contributed by atoms with Crippen molar-refractivity contribution in [3.05, 3.63) is 71.3 Å². The van der Waals surface area contributed by atoms with Crippen LogP contribution in [0.5, 0.6) is 0 Å². The molecule has 1 saturated heterocycles. The highest BCUT2D eigenvalue weighted by atomic mass is 19.1. The fraction of sp³-hybridized carbons (Fsp3) is 0.440. The predicted molar refractivity (Wildman–Crippen MR) is 116 cm³/mol. The number of aliphatic carboxylic acids is 2. The van der Waals surface area contributed by atoms with Crippen LogP contribution in [0.1, 0.15) is 57.2 Å². The predicted octanol–water partition coefficient (Wildman–Crippen LogP) is 4.99. The molecule has 3 rings (SSSR count). The molecule has 0 saturated carbocycles. The molecular formula is C25H29F2NO4. The van der Waals surface area contributed by atoms with Crippen LogP contribution < -0.4 is 5.32 Å². The van der Waals surface area contributed by atoms with Crippen LogP contribution in [0.2, 0.25) is 0 Å². The maximum Gasteiger partial charge on any atom is 0.311 e. The molecule has 2 aromatic carbocycles. The molecular weight excluding hydrogens is 416 g/mol. The van der Waals surface area contributed by atoms with Crippen LogP contribution in [-0.4, -0.2) is 28.2 Å². The van der Waals surface area contributed by atoms with Crippen LogP contribution in [0.3, 0.4) is 0 Å². The first-order valence-electron chi connectivity index (χ1n) is 10.7. The Balaban J connectivity index is 2.38. The van der Waals surface area contributed by atoms with Crippen LogP contribution in [0.25, 0.3) is 0 Å². The summed E-state index contributed by atoms with van der Waals surface area (Å²) in [5.74, 6) is -4.38. The Hall–Kier alpha value is -2.80. The lowest BCUT2D eigenvalue weighted by Gasteiger charge is -2.58. The maximum atomic E-state index is 13.7. The summed E-state index contributed by atoms with van der Waals surface area (Å²) in [6.45, 7) is 7.03. The molecule has 1 fully saturated rings. The van der Waals surface area contributed by atoms with E-state index < -0.39 is 52.4 Å². The lowest BCUT2D eigenvalue weighted by molar-refractivity contribution is -0.174. The maximum absolute atomic E-state index is 13.7. The van der Waals surface area contributed by atoms with E-state index in [0.717, 1.165) is 0 Å². The smallest absolute Gasteiger partial charge is 0.311 e. The highest BCUT2D eigenvalue weighted by molar-refractivity contribution is 5.84. The molecule has 0 aliphatic carbocycles. The largest absolute Gasteiger partial charge is 0.481 e. The minimum absolute atomic E-state index is 0.157. The van der Waals surface area contributed by atoms with E-state index in [1.807, 2.05) is 13.8 Å². The molecule has 172 valence electrons. The van der Waals surface area contributed by atoms with Gasteiger partial charge in [-0.2, -0.15) is 0 Å². The van der Waals surface area contributed by atoms with Gasteiger partial charge >= 0.3 is 11.9 Å². The lowest BCUT2D eigenvalue weighted by atomic mass is 9.49. The monoisotopic (exact) mass is 445 g/mol. The standard InChI is InChI=1S/C25H29F2NO4/c1-5-25(23(31)32)19(15-6-10-17(26)11-7-15)24(4,22(29)30)21(28-20(25)14(2)3)16-8-12-18(27)13-9-16/h6-14,19-21,28H,5H2,1-4H3,(H,29,30)(H,31,32). The van der Waals surface area contributed by atoms with Crippen LogP contribution >= 0.6 is 0 Å². The molecule has 0 bridgehead atoms. The normalized spacial score (nSPS) is 30.3. The molecule has 5 atom stereocenters. The zero-order valence-corrected chi connectivity index (χ0v) is 18.6. The van der Waals surface area contributed by atoms with Crippen LogP contribution in [0.15, 0.2) is 48.5 Å². The lowest BCUT2D eigenvalue weighted by Crippen LogP contribution is -2.68. The minimum Gasteiger partial charge on any atom is -0.481 e. The fourth-order valence-electron chi connectivity index (χ4n) is 5.65. The molecule has 0 aromatic heterocycles. The zero-order chi connectivity index (χ0) is 23.8. The molecule has 5 nitrogen and oxygen atoms in total. The number of benzene rings is 2. The summed E-state index contributed by atoms with van der Waals surface area (Å²) in [4.78, 5) is 25.8. The van der Waals surface area contributed by atoms with Gasteiger partial charge in [-0.05, 0) is 54.7 Å². The Morgan fingerprint density at radius 3 is 1.78 bits per heavy atom. The first-order valence-corrected chi connectivity index (χ1v) is 10.7. The van der Waals surface area contributed by atoms with Crippen molar-refractivity contribution < 1.29 is 28.6 Å². The molecule has 2 aromatic rings. The van der Waals surface area contributed by atoms with Gasteiger partial charge in [-0.3, -0.25) is 9.59 Å². The first-order chi connectivity index (χ1) is 15.0. The van der Waals surface area contributed by atoms with Gasteiger partial charge < -0.3 is 15.5 Å². The Morgan fingerprint density at radius 2 is 1.41 bits per heavy atom. The van der Waals surface area contributed by atoms with Gasteiger partial charge in [0.05, 0.1) is 10.8 Å². The van der Waals surface area contributed by atoms with E-state index in [2.05, 4.69) is 5.32 Å². The van der Waals surface area contributed by atoms with Gasteiger partial charge in [0, 0.05) is 18.0 Å². The van der Waals surface area contributed by atoms with Gasteiger partial charge in [0.1, 0.15) is 11.6 Å². The fourth-order valence-corrected chi connectivity index (χ4v) is 5.65. The molecule has 1 aliphatic heterocycles. The number of carboxylic acids is 2. The van der Waals surface area contributed by atoms with Crippen molar-refractivity contribution in [3.8, 4) is 0 Å². The van der Waals surface area contributed by atoms with Crippen LogP contribution in [0.4, 0.5) is 8.78 Å². The molecule has 3 N–H and O–H groups in total. The average molecular weight is 446 g/mol. The number of halogens is 2. The summed E-state index contributed by atoms with van der Waals surface area (Å²) < 4.78 is 27.4. The van der Waals surface area contributed by atoms with Crippen molar-refractivity contribution in [1.82, 2.24) is 5.32 Å². The number of piperidine rings is 1. The Kier molecular flexibility index (Phi) is 6.43. The number of rotatable bonds is 6. The van der Waals surface area contributed by atoms with Gasteiger partial charge in [-0.15, -0.1) is 0 Å². The third-order valence-corrected chi connectivity index (χ3v) is 7.13. The second kappa shape index (κ2) is 8.62. The number of hydrogen-bond acceptors (Lipinski definition) is 3. The molecule has 0 spiro atoms. The van der Waals surface area contributed by atoms with Crippen LogP contribution in [-0.2, 0) is 9.59 Å². The molecule has 1 heterocycles. The van der Waals surface area contributed by atoms with E-state index in [1.54, 1.807) is 6.92 Å². The summed E-state index contributed by atoms with van der Waals surface area (Å²) in [7, 11) is 0. The molecule has 7 heteroatoms. The Labute approximate surface area is 186 Å². The molecule has 0 radical (unpaired) electrons. The highest BCUT2D eigenvalue weighted by Crippen LogP contribution is 2.61. The van der Waals surface area contributed by atoms with E-state index in [9.17, 15) is 28.6 Å². The quantitative estimate of drug-likeness (QED) is 0.583. The van der Waals surface area contributed by atoms with Crippen molar-refractivity contribution in [2.75, 3.05) is 0 Å². The van der Waals surface area contributed by atoms with Crippen molar-refractivity contribution in [2.45, 2.75) is 52.1 Å². The van der Waals surface area contributed by atoms with Gasteiger partial charge in [0.2, 0.25) is 0 Å². The summed E-state index contributed by atoms with van der Waals surface area (Å²) >= 11 is 0. The van der Waals surface area contributed by atoms with Gasteiger partial charge in [0.25, 0.3) is 0 Å². The summed E-state index contributed by atoms with van der Waals surface area (Å²) in [5, 5.41) is 24.4. The van der Waals surface area contributed by atoms with Gasteiger partial charge in [-0.1, -0.05) is 45.0 Å². The molecule has 1 aliphatic rings. The number of hydrogen-bond donors (Lipinski definition) is 3. The zero-order valence-electron chi connectivity index (χ0n) is 18.6. The summed E-state index contributed by atoms with van der Waals surface area (Å²) in [5.41, 5.74) is -2.12. The topological polar surface area (TPSA) is 86.6 Å². The van der Waals surface area contributed by atoms with Crippen molar-refractivity contribution in [1.29, 1.82) is 0 Å². The van der Waals surface area contributed by atoms with E-state index in [1.165, 1.54) is 55.5 Å². The molecule has 0 amide bonds. The van der Waals surface area contributed by atoms with E-state index in [4.69, 9.17) is 0 Å². The van der Waals surface area contributed by atoms with E-state index in [0.29, 0.717) is 11.1 Å². The average Bonchev–Trinajstić information content (AvgIpc) is 2.74. The SMILES string of the molecule is CCC1(C(=O)O)C(C(C)C)NC(c2ccc(F)cc2)C(C)(C(=O)O)C1c1ccc(F)cc1. The minimum atomic E-state index is -1.63. The molecule has 5 unspecified atom stereocenters. The van der Waals surface area contributed by atoms with Crippen molar-refractivity contribution in [3.63, 3.8) is 0 Å². The Bertz CT molecular complexity index is 992. The Morgan fingerprint density at radius 1 is 0.938 bits per heavy atom.